The largest absolute Gasteiger partial charge is 0.381 e. The van der Waals surface area contributed by atoms with Gasteiger partial charge in [0, 0.05) is 58.2 Å². The molecule has 0 saturated heterocycles. The molecule has 0 fully saturated rings. The van der Waals surface area contributed by atoms with E-state index >= 15 is 0 Å². The molecular weight excluding hydrogens is 342 g/mol. The highest BCUT2D eigenvalue weighted by molar-refractivity contribution is 5.84. The fourth-order valence-corrected chi connectivity index (χ4v) is 2.29. The van der Waals surface area contributed by atoms with Crippen LogP contribution >= 0.6 is 0 Å². The zero-order valence-electron chi connectivity index (χ0n) is 17.0. The van der Waals surface area contributed by atoms with Gasteiger partial charge in [-0.3, -0.25) is 9.78 Å². The molecule has 0 aromatic carbocycles. The summed E-state index contributed by atoms with van der Waals surface area (Å²) < 4.78 is 5.54. The number of guanidine groups is 1. The minimum atomic E-state index is -0.00830. The van der Waals surface area contributed by atoms with Crippen molar-refractivity contribution in [2.24, 2.45) is 4.99 Å². The van der Waals surface area contributed by atoms with Crippen LogP contribution in [0.3, 0.4) is 0 Å². The number of hydrogen-bond acceptors (Lipinski definition) is 4. The third-order valence-corrected chi connectivity index (χ3v) is 3.97. The SMILES string of the molecule is CCCCOCCCNC(=NCC(=O)N(C)CCc1ccccn1)NCC. The number of rotatable bonds is 13. The van der Waals surface area contributed by atoms with Crippen molar-refractivity contribution < 1.29 is 9.53 Å². The Kier molecular flexibility index (Phi) is 12.7. The van der Waals surface area contributed by atoms with E-state index in [1.807, 2.05) is 25.1 Å². The summed E-state index contributed by atoms with van der Waals surface area (Å²) in [4.78, 5) is 22.6. The first kappa shape index (κ1) is 22.9. The first-order valence-corrected chi connectivity index (χ1v) is 9.91. The molecule has 27 heavy (non-hydrogen) atoms. The monoisotopic (exact) mass is 377 g/mol. The first-order valence-electron chi connectivity index (χ1n) is 9.91. The standard InChI is InChI=1S/C20H35N5O2/c1-4-6-15-27-16-9-13-23-20(21-5-2)24-17-19(26)25(3)14-11-18-10-7-8-12-22-18/h7-8,10,12H,4-6,9,11,13-17H2,1-3H3,(H2,21,23,24). The second-order valence-corrected chi connectivity index (χ2v) is 6.33. The summed E-state index contributed by atoms with van der Waals surface area (Å²) >= 11 is 0. The molecule has 0 radical (unpaired) electrons. The van der Waals surface area contributed by atoms with E-state index in [0.717, 1.165) is 57.7 Å². The van der Waals surface area contributed by atoms with Gasteiger partial charge in [0.05, 0.1) is 0 Å². The van der Waals surface area contributed by atoms with Gasteiger partial charge in [-0.2, -0.15) is 0 Å². The normalized spacial score (nSPS) is 11.3. The lowest BCUT2D eigenvalue weighted by Crippen LogP contribution is -2.39. The number of ether oxygens (including phenoxy) is 1. The summed E-state index contributed by atoms with van der Waals surface area (Å²) in [5, 5.41) is 6.41. The fraction of sp³-hybridized carbons (Fsp3) is 0.650. The molecule has 1 aromatic heterocycles. The molecule has 0 saturated carbocycles. The molecule has 1 rings (SSSR count). The number of pyridine rings is 1. The first-order chi connectivity index (χ1) is 13.2. The molecule has 7 heteroatoms. The van der Waals surface area contributed by atoms with E-state index in [2.05, 4.69) is 27.5 Å². The Labute approximate surface area is 163 Å². The summed E-state index contributed by atoms with van der Waals surface area (Å²) in [6.07, 6.45) is 5.67. The molecule has 1 heterocycles. The number of carbonyl (C=O) groups excluding carboxylic acids is 1. The lowest BCUT2D eigenvalue weighted by atomic mass is 10.2. The summed E-state index contributed by atoms with van der Waals surface area (Å²) in [6, 6.07) is 5.81. The van der Waals surface area contributed by atoms with E-state index in [4.69, 9.17) is 4.74 Å². The van der Waals surface area contributed by atoms with Crippen molar-refractivity contribution in [2.45, 2.75) is 39.5 Å². The van der Waals surface area contributed by atoms with Crippen molar-refractivity contribution in [3.63, 3.8) is 0 Å². The molecule has 1 aromatic rings. The number of aliphatic imine (C=N–C) groups is 1. The maximum atomic E-state index is 12.3. The van der Waals surface area contributed by atoms with Gasteiger partial charge < -0.3 is 20.3 Å². The van der Waals surface area contributed by atoms with Crippen molar-refractivity contribution in [3.05, 3.63) is 30.1 Å². The number of nitrogens with zero attached hydrogens (tertiary/aromatic N) is 3. The van der Waals surface area contributed by atoms with E-state index < -0.39 is 0 Å². The van der Waals surface area contributed by atoms with E-state index in [9.17, 15) is 4.79 Å². The Morgan fingerprint density at radius 3 is 2.74 bits per heavy atom. The molecule has 0 atom stereocenters. The summed E-state index contributed by atoms with van der Waals surface area (Å²) in [5.41, 5.74) is 0.983. The van der Waals surface area contributed by atoms with Crippen molar-refractivity contribution in [1.82, 2.24) is 20.5 Å². The summed E-state index contributed by atoms with van der Waals surface area (Å²) in [7, 11) is 1.80. The number of amides is 1. The quantitative estimate of drug-likeness (QED) is 0.312. The van der Waals surface area contributed by atoms with Crippen LogP contribution in [-0.4, -0.2) is 68.2 Å². The molecule has 152 valence electrons. The average molecular weight is 378 g/mol. The Bertz CT molecular complexity index is 536. The maximum absolute atomic E-state index is 12.3. The molecule has 0 spiro atoms. The molecule has 0 aliphatic carbocycles. The third kappa shape index (κ3) is 11.2. The van der Waals surface area contributed by atoms with Gasteiger partial charge in [0.2, 0.25) is 5.91 Å². The number of hydrogen-bond donors (Lipinski definition) is 2. The highest BCUT2D eigenvalue weighted by Crippen LogP contribution is 1.97. The Morgan fingerprint density at radius 1 is 1.22 bits per heavy atom. The van der Waals surface area contributed by atoms with Crippen LogP contribution in [0, 0.1) is 0 Å². The second kappa shape index (κ2) is 15.0. The predicted octanol–water partition coefficient (Wildman–Crippen LogP) is 1.84. The van der Waals surface area contributed by atoms with Gasteiger partial charge in [0.25, 0.3) is 0 Å². The van der Waals surface area contributed by atoms with Gasteiger partial charge in [0.1, 0.15) is 6.54 Å². The number of likely N-dealkylation sites (N-methyl/N-ethyl adjacent to an activating group) is 1. The Hall–Kier alpha value is -2.15. The van der Waals surface area contributed by atoms with Crippen molar-refractivity contribution in [2.75, 3.05) is 46.4 Å². The molecule has 0 aliphatic heterocycles. The van der Waals surface area contributed by atoms with Gasteiger partial charge in [0.15, 0.2) is 5.96 Å². The van der Waals surface area contributed by atoms with E-state index in [0.29, 0.717) is 12.5 Å². The number of carbonyl (C=O) groups is 1. The van der Waals surface area contributed by atoms with Crippen molar-refractivity contribution >= 4 is 11.9 Å². The molecular formula is C20H35N5O2. The van der Waals surface area contributed by atoms with E-state index in [1.54, 1.807) is 18.1 Å². The highest BCUT2D eigenvalue weighted by atomic mass is 16.5. The van der Waals surface area contributed by atoms with Crippen LogP contribution in [0.25, 0.3) is 0 Å². The van der Waals surface area contributed by atoms with Crippen LogP contribution in [0.5, 0.6) is 0 Å². The van der Waals surface area contributed by atoms with Gasteiger partial charge in [-0.25, -0.2) is 4.99 Å². The van der Waals surface area contributed by atoms with Crippen LogP contribution in [0.15, 0.2) is 29.4 Å². The van der Waals surface area contributed by atoms with E-state index in [-0.39, 0.29) is 12.5 Å². The molecule has 0 unspecified atom stereocenters. The minimum absolute atomic E-state index is 0.00830. The average Bonchev–Trinajstić information content (AvgIpc) is 2.69. The summed E-state index contributed by atoms with van der Waals surface area (Å²) in [6.45, 7) is 7.99. The maximum Gasteiger partial charge on any atom is 0.244 e. The van der Waals surface area contributed by atoms with Crippen LogP contribution in [0.4, 0.5) is 0 Å². The third-order valence-electron chi connectivity index (χ3n) is 3.97. The molecule has 0 aliphatic rings. The minimum Gasteiger partial charge on any atom is -0.381 e. The number of nitrogens with one attached hydrogen (secondary N) is 2. The van der Waals surface area contributed by atoms with Crippen molar-refractivity contribution in [1.29, 1.82) is 0 Å². The Balaban J connectivity index is 2.29. The number of unbranched alkanes of at least 4 members (excludes halogenated alkanes) is 1. The molecule has 0 bridgehead atoms. The Morgan fingerprint density at radius 2 is 2.04 bits per heavy atom. The lowest BCUT2D eigenvalue weighted by molar-refractivity contribution is -0.128. The van der Waals surface area contributed by atoms with Crippen LogP contribution < -0.4 is 10.6 Å². The van der Waals surface area contributed by atoms with Gasteiger partial charge in [-0.15, -0.1) is 0 Å². The molecule has 2 N–H and O–H groups in total. The van der Waals surface area contributed by atoms with Crippen LogP contribution in [0.1, 0.15) is 38.8 Å². The topological polar surface area (TPSA) is 78.8 Å². The zero-order chi connectivity index (χ0) is 19.7. The lowest BCUT2D eigenvalue weighted by Gasteiger charge is -2.16. The van der Waals surface area contributed by atoms with Crippen LogP contribution in [-0.2, 0) is 16.0 Å². The van der Waals surface area contributed by atoms with Gasteiger partial charge >= 0.3 is 0 Å². The van der Waals surface area contributed by atoms with Gasteiger partial charge in [-0.1, -0.05) is 19.4 Å². The fourth-order valence-electron chi connectivity index (χ4n) is 2.29. The zero-order valence-corrected chi connectivity index (χ0v) is 17.0. The summed E-state index contributed by atoms with van der Waals surface area (Å²) in [5.74, 6) is 0.656. The predicted molar refractivity (Wildman–Crippen MR) is 110 cm³/mol. The molecule has 1 amide bonds. The second-order valence-electron chi connectivity index (χ2n) is 6.33. The highest BCUT2D eigenvalue weighted by Gasteiger charge is 2.09. The van der Waals surface area contributed by atoms with E-state index in [1.165, 1.54) is 0 Å². The molecule has 7 nitrogen and oxygen atoms in total. The van der Waals surface area contributed by atoms with Crippen molar-refractivity contribution in [3.8, 4) is 0 Å². The van der Waals surface area contributed by atoms with Gasteiger partial charge in [-0.05, 0) is 31.9 Å². The van der Waals surface area contributed by atoms with Crippen LogP contribution in [0.2, 0.25) is 0 Å². The number of aromatic nitrogens is 1. The smallest absolute Gasteiger partial charge is 0.244 e.